The predicted octanol–water partition coefficient (Wildman–Crippen LogP) is 3.39. The molecule has 0 amide bonds. The molecular formula is C21H22N2O2S. The molecule has 0 atom stereocenters. The molecule has 3 aromatic rings. The average molecular weight is 366 g/mol. The lowest BCUT2D eigenvalue weighted by atomic mass is 10.1. The first kappa shape index (κ1) is 17.1. The number of hydrogen-bond acceptors (Lipinski definition) is 4. The lowest BCUT2D eigenvalue weighted by molar-refractivity contribution is 0.590. The van der Waals surface area contributed by atoms with Crippen LogP contribution in [0.4, 0.5) is 5.69 Å². The van der Waals surface area contributed by atoms with Crippen molar-refractivity contribution in [2.75, 3.05) is 31.1 Å². The van der Waals surface area contributed by atoms with Crippen molar-refractivity contribution in [3.8, 4) is 0 Å². The molecule has 26 heavy (non-hydrogen) atoms. The number of fused-ring (bicyclic) bond motifs is 1. The first-order chi connectivity index (χ1) is 12.6. The number of piperazine rings is 1. The molecule has 3 aromatic carbocycles. The van der Waals surface area contributed by atoms with Crippen LogP contribution in [0.15, 0.2) is 70.5 Å². The Balaban J connectivity index is 1.88. The summed E-state index contributed by atoms with van der Waals surface area (Å²) in [6, 6.07) is 18.5. The van der Waals surface area contributed by atoms with Gasteiger partial charge in [0.15, 0.2) is 0 Å². The zero-order valence-corrected chi connectivity index (χ0v) is 15.6. The van der Waals surface area contributed by atoms with E-state index in [2.05, 4.69) is 10.2 Å². The zero-order chi connectivity index (χ0) is 18.1. The minimum Gasteiger partial charge on any atom is -0.368 e. The second-order valence-electron chi connectivity index (χ2n) is 6.68. The average Bonchev–Trinajstić information content (AvgIpc) is 2.68. The van der Waals surface area contributed by atoms with Gasteiger partial charge in [0.05, 0.1) is 9.79 Å². The van der Waals surface area contributed by atoms with Crippen molar-refractivity contribution in [2.24, 2.45) is 0 Å². The molecule has 0 aromatic heterocycles. The van der Waals surface area contributed by atoms with Crippen molar-refractivity contribution in [1.29, 1.82) is 0 Å². The Bertz CT molecular complexity index is 1040. The molecule has 0 bridgehead atoms. The van der Waals surface area contributed by atoms with Gasteiger partial charge in [-0.25, -0.2) is 8.42 Å². The van der Waals surface area contributed by atoms with E-state index in [0.717, 1.165) is 48.2 Å². The molecule has 4 nitrogen and oxygen atoms in total. The highest BCUT2D eigenvalue weighted by atomic mass is 32.2. The molecular weight excluding hydrogens is 344 g/mol. The van der Waals surface area contributed by atoms with Gasteiger partial charge in [0.25, 0.3) is 0 Å². The molecule has 0 radical (unpaired) electrons. The maximum atomic E-state index is 13.2. The van der Waals surface area contributed by atoms with Crippen molar-refractivity contribution < 1.29 is 8.42 Å². The summed E-state index contributed by atoms with van der Waals surface area (Å²) >= 11 is 0. The monoisotopic (exact) mass is 366 g/mol. The fourth-order valence-corrected chi connectivity index (χ4v) is 4.98. The molecule has 4 rings (SSSR count). The van der Waals surface area contributed by atoms with E-state index in [-0.39, 0.29) is 0 Å². The van der Waals surface area contributed by atoms with Crippen LogP contribution >= 0.6 is 0 Å². The maximum absolute atomic E-state index is 13.2. The van der Waals surface area contributed by atoms with Crippen LogP contribution in [0.1, 0.15) is 5.56 Å². The van der Waals surface area contributed by atoms with Crippen molar-refractivity contribution >= 4 is 26.3 Å². The summed E-state index contributed by atoms with van der Waals surface area (Å²) < 4.78 is 26.4. The van der Waals surface area contributed by atoms with Crippen LogP contribution in [0.3, 0.4) is 0 Å². The van der Waals surface area contributed by atoms with Gasteiger partial charge in [0.2, 0.25) is 9.84 Å². The van der Waals surface area contributed by atoms with E-state index in [1.807, 2.05) is 49.4 Å². The smallest absolute Gasteiger partial charge is 0.207 e. The van der Waals surface area contributed by atoms with Gasteiger partial charge in [0, 0.05) is 42.6 Å². The van der Waals surface area contributed by atoms with Gasteiger partial charge in [-0.2, -0.15) is 0 Å². The Morgan fingerprint density at radius 3 is 2.19 bits per heavy atom. The Morgan fingerprint density at radius 2 is 1.50 bits per heavy atom. The topological polar surface area (TPSA) is 49.4 Å². The van der Waals surface area contributed by atoms with Crippen LogP contribution in [0.25, 0.3) is 10.8 Å². The molecule has 1 fully saturated rings. The summed E-state index contributed by atoms with van der Waals surface area (Å²) in [6.07, 6.45) is 0. The van der Waals surface area contributed by atoms with Gasteiger partial charge in [0.1, 0.15) is 0 Å². The van der Waals surface area contributed by atoms with Crippen LogP contribution in [0, 0.1) is 6.92 Å². The van der Waals surface area contributed by atoms with Gasteiger partial charge in [-0.3, -0.25) is 0 Å². The van der Waals surface area contributed by atoms with Crippen molar-refractivity contribution in [1.82, 2.24) is 5.32 Å². The third-order valence-corrected chi connectivity index (χ3v) is 6.77. The number of benzene rings is 3. The number of hydrogen-bond donors (Lipinski definition) is 1. The molecule has 0 unspecified atom stereocenters. The van der Waals surface area contributed by atoms with E-state index in [4.69, 9.17) is 0 Å². The molecule has 1 saturated heterocycles. The predicted molar refractivity (Wildman–Crippen MR) is 106 cm³/mol. The SMILES string of the molecule is Cc1ccc(S(=O)(=O)c2ccc(N3CCNCC3)c3ccccc23)cc1. The van der Waals surface area contributed by atoms with Gasteiger partial charge in [-0.1, -0.05) is 42.0 Å². The molecule has 1 aliphatic rings. The lowest BCUT2D eigenvalue weighted by Crippen LogP contribution is -2.43. The standard InChI is InChI=1S/C21H22N2O2S/c1-16-6-8-17(9-7-16)26(24,25)21-11-10-20(23-14-12-22-13-15-23)18-4-2-3-5-19(18)21/h2-11,22H,12-15H2,1H3. The van der Waals surface area contributed by atoms with Crippen LogP contribution < -0.4 is 10.2 Å². The maximum Gasteiger partial charge on any atom is 0.207 e. The van der Waals surface area contributed by atoms with Gasteiger partial charge >= 0.3 is 0 Å². The van der Waals surface area contributed by atoms with E-state index in [9.17, 15) is 8.42 Å². The quantitative estimate of drug-likeness (QED) is 0.772. The van der Waals surface area contributed by atoms with Gasteiger partial charge in [-0.15, -0.1) is 0 Å². The Morgan fingerprint density at radius 1 is 0.846 bits per heavy atom. The van der Waals surface area contributed by atoms with E-state index < -0.39 is 9.84 Å². The molecule has 1 heterocycles. The lowest BCUT2D eigenvalue weighted by Gasteiger charge is -2.30. The molecule has 134 valence electrons. The fraction of sp³-hybridized carbons (Fsp3) is 0.238. The third kappa shape index (κ3) is 2.97. The molecule has 1 N–H and O–H groups in total. The fourth-order valence-electron chi connectivity index (χ4n) is 3.52. The molecule has 5 heteroatoms. The number of rotatable bonds is 3. The molecule has 0 aliphatic carbocycles. The minimum absolute atomic E-state index is 0.336. The number of aryl methyl sites for hydroxylation is 1. The van der Waals surface area contributed by atoms with Gasteiger partial charge < -0.3 is 10.2 Å². The molecule has 0 spiro atoms. The summed E-state index contributed by atoms with van der Waals surface area (Å²) in [5.74, 6) is 0. The van der Waals surface area contributed by atoms with Crippen LogP contribution in [-0.2, 0) is 9.84 Å². The number of sulfone groups is 1. The summed E-state index contributed by atoms with van der Waals surface area (Å²) in [4.78, 5) is 3.03. The summed E-state index contributed by atoms with van der Waals surface area (Å²) in [5, 5.41) is 5.13. The number of anilines is 1. The van der Waals surface area contributed by atoms with E-state index in [0.29, 0.717) is 9.79 Å². The normalized spacial score (nSPS) is 15.3. The van der Waals surface area contributed by atoms with E-state index >= 15 is 0 Å². The second-order valence-corrected chi connectivity index (χ2v) is 8.60. The molecule has 1 aliphatic heterocycles. The third-order valence-electron chi connectivity index (χ3n) is 4.94. The van der Waals surface area contributed by atoms with Crippen LogP contribution in [0.2, 0.25) is 0 Å². The summed E-state index contributed by atoms with van der Waals surface area (Å²) in [5.41, 5.74) is 2.15. The molecule has 0 saturated carbocycles. The first-order valence-electron chi connectivity index (χ1n) is 8.86. The van der Waals surface area contributed by atoms with E-state index in [1.54, 1.807) is 18.2 Å². The number of nitrogens with zero attached hydrogens (tertiary/aromatic N) is 1. The minimum atomic E-state index is -3.56. The Kier molecular flexibility index (Phi) is 4.42. The zero-order valence-electron chi connectivity index (χ0n) is 14.8. The van der Waals surface area contributed by atoms with Crippen LogP contribution in [0.5, 0.6) is 0 Å². The van der Waals surface area contributed by atoms with Crippen molar-refractivity contribution in [3.05, 3.63) is 66.2 Å². The second kappa shape index (κ2) is 6.74. The highest BCUT2D eigenvalue weighted by Gasteiger charge is 2.22. The largest absolute Gasteiger partial charge is 0.368 e. The summed E-state index contributed by atoms with van der Waals surface area (Å²) in [7, 11) is -3.56. The van der Waals surface area contributed by atoms with Gasteiger partial charge in [-0.05, 0) is 31.2 Å². The Labute approximate surface area is 154 Å². The van der Waals surface area contributed by atoms with E-state index in [1.165, 1.54) is 0 Å². The Hall–Kier alpha value is -2.37. The van der Waals surface area contributed by atoms with Crippen molar-refractivity contribution in [3.63, 3.8) is 0 Å². The number of nitrogens with one attached hydrogen (secondary N) is 1. The van der Waals surface area contributed by atoms with Crippen molar-refractivity contribution in [2.45, 2.75) is 16.7 Å². The highest BCUT2D eigenvalue weighted by molar-refractivity contribution is 7.91. The van der Waals surface area contributed by atoms with Crippen LogP contribution in [-0.4, -0.2) is 34.6 Å². The summed E-state index contributed by atoms with van der Waals surface area (Å²) in [6.45, 7) is 5.69. The highest BCUT2D eigenvalue weighted by Crippen LogP contribution is 2.34. The first-order valence-corrected chi connectivity index (χ1v) is 10.3.